The fraction of sp³-hybridized carbons (Fsp3) is 0.316. The average molecular weight is 295 g/mol. The van der Waals surface area contributed by atoms with Gasteiger partial charge in [-0.25, -0.2) is 4.39 Å². The molecule has 0 bridgehead atoms. The third kappa shape index (κ3) is 2.40. The van der Waals surface area contributed by atoms with Crippen LogP contribution in [0, 0.1) is 17.1 Å². The van der Waals surface area contributed by atoms with Crippen LogP contribution >= 0.6 is 0 Å². The third-order valence-electron chi connectivity index (χ3n) is 4.34. The normalized spacial score (nSPS) is 19.7. The molecule has 0 N–H and O–H groups in total. The first kappa shape index (κ1) is 14.7. The van der Waals surface area contributed by atoms with Crippen LogP contribution in [0.2, 0.25) is 0 Å². The summed E-state index contributed by atoms with van der Waals surface area (Å²) in [5, 5.41) is 9.06. The van der Waals surface area contributed by atoms with Crippen molar-refractivity contribution in [2.75, 3.05) is 0 Å². The van der Waals surface area contributed by atoms with Crippen LogP contribution in [0.15, 0.2) is 42.5 Å². The van der Waals surface area contributed by atoms with Crippen LogP contribution < -0.4 is 0 Å². The maximum Gasteiger partial charge on any atom is 0.123 e. The van der Waals surface area contributed by atoms with Crippen molar-refractivity contribution in [2.45, 2.75) is 38.4 Å². The number of nitrogens with zero attached hydrogens (tertiary/aromatic N) is 1. The first-order valence-corrected chi connectivity index (χ1v) is 7.63. The Labute approximate surface area is 130 Å². The molecule has 22 heavy (non-hydrogen) atoms. The monoisotopic (exact) mass is 295 g/mol. The van der Waals surface area contributed by atoms with Crippen LogP contribution in [-0.2, 0) is 16.9 Å². The third-order valence-corrected chi connectivity index (χ3v) is 4.34. The number of benzene rings is 2. The molecular formula is C19H18FNO. The highest BCUT2D eigenvalue weighted by Gasteiger charge is 2.41. The van der Waals surface area contributed by atoms with E-state index in [1.54, 1.807) is 12.1 Å². The van der Waals surface area contributed by atoms with Crippen LogP contribution in [0.5, 0.6) is 0 Å². The van der Waals surface area contributed by atoms with E-state index in [-0.39, 0.29) is 5.82 Å². The molecule has 0 radical (unpaired) electrons. The molecule has 1 atom stereocenters. The van der Waals surface area contributed by atoms with Crippen LogP contribution in [0.1, 0.15) is 48.4 Å². The smallest absolute Gasteiger partial charge is 0.123 e. The summed E-state index contributed by atoms with van der Waals surface area (Å²) in [7, 11) is 0. The first-order valence-electron chi connectivity index (χ1n) is 7.63. The van der Waals surface area contributed by atoms with Gasteiger partial charge in [0.05, 0.1) is 18.2 Å². The van der Waals surface area contributed by atoms with E-state index in [1.807, 2.05) is 18.2 Å². The van der Waals surface area contributed by atoms with Gasteiger partial charge in [0.15, 0.2) is 0 Å². The van der Waals surface area contributed by atoms with Gasteiger partial charge in [-0.1, -0.05) is 38.0 Å². The fourth-order valence-electron chi connectivity index (χ4n) is 3.19. The van der Waals surface area contributed by atoms with Gasteiger partial charge in [-0.05, 0) is 47.4 Å². The Kier molecular flexibility index (Phi) is 3.96. The molecule has 1 aliphatic heterocycles. The van der Waals surface area contributed by atoms with Crippen molar-refractivity contribution in [1.82, 2.24) is 0 Å². The summed E-state index contributed by atoms with van der Waals surface area (Å²) in [4.78, 5) is 0. The van der Waals surface area contributed by atoms with Gasteiger partial charge in [0.2, 0.25) is 0 Å². The van der Waals surface area contributed by atoms with Gasteiger partial charge in [0, 0.05) is 0 Å². The van der Waals surface area contributed by atoms with E-state index in [9.17, 15) is 4.39 Å². The minimum atomic E-state index is -0.521. The minimum Gasteiger partial charge on any atom is -0.361 e. The van der Waals surface area contributed by atoms with Gasteiger partial charge in [-0.15, -0.1) is 0 Å². The summed E-state index contributed by atoms with van der Waals surface area (Å²) in [5.41, 5.74) is 3.26. The van der Waals surface area contributed by atoms with Crippen molar-refractivity contribution in [3.05, 3.63) is 70.5 Å². The van der Waals surface area contributed by atoms with E-state index in [0.717, 1.165) is 36.0 Å². The average Bonchev–Trinajstić information content (AvgIpc) is 2.92. The number of halogens is 1. The molecule has 0 saturated heterocycles. The molecule has 0 unspecified atom stereocenters. The van der Waals surface area contributed by atoms with E-state index >= 15 is 0 Å². The number of hydrogen-bond donors (Lipinski definition) is 0. The SMILES string of the molecule is CCCC[C@@]1(c2ccc(F)cc2)OCc2cc(C#N)ccc21. The quantitative estimate of drug-likeness (QED) is 0.821. The molecule has 1 heterocycles. The number of unbranched alkanes of at least 4 members (excludes halogenated alkanes) is 1. The second-order valence-electron chi connectivity index (χ2n) is 5.71. The van der Waals surface area contributed by atoms with Crippen molar-refractivity contribution < 1.29 is 9.13 Å². The molecule has 0 saturated carbocycles. The van der Waals surface area contributed by atoms with Crippen molar-refractivity contribution in [3.8, 4) is 6.07 Å². The topological polar surface area (TPSA) is 33.0 Å². The van der Waals surface area contributed by atoms with Crippen molar-refractivity contribution in [1.29, 1.82) is 5.26 Å². The van der Waals surface area contributed by atoms with Gasteiger partial charge < -0.3 is 4.74 Å². The predicted octanol–water partition coefficient (Wildman–Crippen LogP) is 4.66. The summed E-state index contributed by atoms with van der Waals surface area (Å²) in [5.74, 6) is -0.243. The molecule has 112 valence electrons. The van der Waals surface area contributed by atoms with Gasteiger partial charge in [-0.3, -0.25) is 0 Å². The number of fused-ring (bicyclic) bond motifs is 1. The summed E-state index contributed by atoms with van der Waals surface area (Å²) in [6.07, 6.45) is 2.95. The number of rotatable bonds is 4. The van der Waals surface area contributed by atoms with Crippen molar-refractivity contribution >= 4 is 0 Å². The van der Waals surface area contributed by atoms with Gasteiger partial charge in [0.1, 0.15) is 11.4 Å². The molecule has 2 nitrogen and oxygen atoms in total. The Morgan fingerprint density at radius 2 is 2.00 bits per heavy atom. The zero-order chi connectivity index (χ0) is 15.6. The Morgan fingerprint density at radius 1 is 1.23 bits per heavy atom. The molecule has 0 aliphatic carbocycles. The maximum atomic E-state index is 13.3. The summed E-state index contributed by atoms with van der Waals surface area (Å²) >= 11 is 0. The van der Waals surface area contributed by atoms with Gasteiger partial charge >= 0.3 is 0 Å². The van der Waals surface area contributed by atoms with Crippen LogP contribution in [0.4, 0.5) is 4.39 Å². The lowest BCUT2D eigenvalue weighted by molar-refractivity contribution is -0.0131. The molecule has 3 heteroatoms. The van der Waals surface area contributed by atoms with Crippen LogP contribution in [0.25, 0.3) is 0 Å². The van der Waals surface area contributed by atoms with Gasteiger partial charge in [0.25, 0.3) is 0 Å². The van der Waals surface area contributed by atoms with Crippen molar-refractivity contribution in [3.63, 3.8) is 0 Å². The van der Waals surface area contributed by atoms with Crippen molar-refractivity contribution in [2.24, 2.45) is 0 Å². The van der Waals surface area contributed by atoms with E-state index in [1.165, 1.54) is 12.1 Å². The molecule has 2 aromatic carbocycles. The molecule has 0 amide bonds. The highest BCUT2D eigenvalue weighted by atomic mass is 19.1. The van der Waals surface area contributed by atoms with E-state index in [4.69, 9.17) is 10.00 Å². The Balaban J connectivity index is 2.10. The zero-order valence-electron chi connectivity index (χ0n) is 12.6. The lowest BCUT2D eigenvalue weighted by Gasteiger charge is -2.30. The van der Waals surface area contributed by atoms with E-state index < -0.39 is 5.60 Å². The molecule has 0 spiro atoms. The molecule has 1 aliphatic rings. The molecular weight excluding hydrogens is 277 g/mol. The zero-order valence-corrected chi connectivity index (χ0v) is 12.6. The highest BCUT2D eigenvalue weighted by Crippen LogP contribution is 2.45. The highest BCUT2D eigenvalue weighted by molar-refractivity contribution is 5.47. The fourth-order valence-corrected chi connectivity index (χ4v) is 3.19. The van der Waals surface area contributed by atoms with Crippen LogP contribution in [0.3, 0.4) is 0 Å². The molecule has 3 rings (SSSR count). The predicted molar refractivity (Wildman–Crippen MR) is 82.7 cm³/mol. The van der Waals surface area contributed by atoms with Gasteiger partial charge in [-0.2, -0.15) is 5.26 Å². The number of ether oxygens (including phenoxy) is 1. The minimum absolute atomic E-state index is 0.243. The lowest BCUT2D eigenvalue weighted by Crippen LogP contribution is -2.27. The number of hydrogen-bond acceptors (Lipinski definition) is 2. The second kappa shape index (κ2) is 5.90. The second-order valence-corrected chi connectivity index (χ2v) is 5.71. The Bertz CT molecular complexity index is 717. The maximum absolute atomic E-state index is 13.3. The Morgan fingerprint density at radius 3 is 2.68 bits per heavy atom. The van der Waals surface area contributed by atoms with Crippen LogP contribution in [-0.4, -0.2) is 0 Å². The largest absolute Gasteiger partial charge is 0.361 e. The summed E-state index contributed by atoms with van der Waals surface area (Å²) in [6.45, 7) is 2.64. The van der Waals surface area contributed by atoms with E-state index in [2.05, 4.69) is 13.0 Å². The lowest BCUT2D eigenvalue weighted by atomic mass is 9.81. The standard InChI is InChI=1S/C19H18FNO/c1-2-3-10-19(16-5-7-17(20)8-6-16)18-9-4-14(12-21)11-15(18)13-22-19/h4-9,11H,2-3,10,13H2,1H3/t19-/m0/s1. The molecule has 0 fully saturated rings. The first-order chi connectivity index (χ1) is 10.7. The Hall–Kier alpha value is -2.18. The summed E-state index contributed by atoms with van der Waals surface area (Å²) < 4.78 is 19.5. The van der Waals surface area contributed by atoms with E-state index in [0.29, 0.717) is 12.2 Å². The number of nitriles is 1. The molecule has 2 aromatic rings. The molecule has 0 aromatic heterocycles. The summed E-state index contributed by atoms with van der Waals surface area (Å²) in [6, 6.07) is 14.4.